The Morgan fingerprint density at radius 2 is 1.95 bits per heavy atom. The van der Waals surface area contributed by atoms with Gasteiger partial charge in [-0.3, -0.25) is 0 Å². The van der Waals surface area contributed by atoms with Crippen molar-refractivity contribution < 1.29 is 17.9 Å². The first-order chi connectivity index (χ1) is 9.46. The maximum atomic E-state index is 12.1. The number of rotatable bonds is 8. The highest BCUT2D eigenvalue weighted by Gasteiger charge is 2.31. The largest absolute Gasteiger partial charge is 0.573 e. The third-order valence-electron chi connectivity index (χ3n) is 2.82. The van der Waals surface area contributed by atoms with E-state index in [9.17, 15) is 13.2 Å². The molecule has 0 aliphatic rings. The predicted octanol–water partition coefficient (Wildman–Crippen LogP) is 4.59. The first-order valence-electron chi connectivity index (χ1n) is 6.66. The van der Waals surface area contributed by atoms with Crippen LogP contribution in [0.3, 0.4) is 0 Å². The summed E-state index contributed by atoms with van der Waals surface area (Å²) in [4.78, 5) is 0. The summed E-state index contributed by atoms with van der Waals surface area (Å²) in [6, 6.07) is 6.14. The van der Waals surface area contributed by atoms with Crippen LogP contribution in [0.5, 0.6) is 5.75 Å². The molecule has 0 saturated heterocycles. The highest BCUT2D eigenvalue weighted by atomic mass is 19.4. The lowest BCUT2D eigenvalue weighted by Crippen LogP contribution is -2.22. The van der Waals surface area contributed by atoms with E-state index in [0.717, 1.165) is 31.4 Å². The summed E-state index contributed by atoms with van der Waals surface area (Å²) in [5.74, 6) is -0.195. The second-order valence-electron chi connectivity index (χ2n) is 4.49. The van der Waals surface area contributed by atoms with Gasteiger partial charge in [-0.2, -0.15) is 0 Å². The van der Waals surface area contributed by atoms with Gasteiger partial charge in [-0.15, -0.1) is 19.8 Å². The number of alkyl halides is 3. The Morgan fingerprint density at radius 1 is 1.30 bits per heavy atom. The van der Waals surface area contributed by atoms with Crippen LogP contribution in [0.15, 0.2) is 36.9 Å². The molecule has 1 atom stereocenters. The number of allylic oxidation sites excluding steroid dienone is 1. The van der Waals surface area contributed by atoms with Gasteiger partial charge in [0.1, 0.15) is 5.75 Å². The predicted molar refractivity (Wildman–Crippen MR) is 73.6 cm³/mol. The summed E-state index contributed by atoms with van der Waals surface area (Å²) >= 11 is 0. The van der Waals surface area contributed by atoms with Gasteiger partial charge in [0.05, 0.1) is 0 Å². The van der Waals surface area contributed by atoms with Crippen LogP contribution in [0, 0.1) is 0 Å². The minimum atomic E-state index is -4.65. The average Bonchev–Trinajstić information content (AvgIpc) is 2.38. The zero-order valence-corrected chi connectivity index (χ0v) is 11.5. The first kappa shape index (κ1) is 16.6. The third-order valence-corrected chi connectivity index (χ3v) is 2.82. The SMILES string of the molecule is C=CCCC(NCCC)c1ccc(OC(F)(F)F)cc1. The van der Waals surface area contributed by atoms with E-state index in [2.05, 4.69) is 23.6 Å². The summed E-state index contributed by atoms with van der Waals surface area (Å²) in [5, 5.41) is 3.38. The Morgan fingerprint density at radius 3 is 2.45 bits per heavy atom. The molecule has 0 aliphatic carbocycles. The molecule has 20 heavy (non-hydrogen) atoms. The van der Waals surface area contributed by atoms with Crippen molar-refractivity contribution in [3.8, 4) is 5.75 Å². The summed E-state index contributed by atoms with van der Waals surface area (Å²) in [6.07, 6.45) is -0.100. The van der Waals surface area contributed by atoms with E-state index in [0.29, 0.717) is 0 Å². The molecule has 0 aromatic heterocycles. The maximum Gasteiger partial charge on any atom is 0.573 e. The summed E-state index contributed by atoms with van der Waals surface area (Å²) in [7, 11) is 0. The lowest BCUT2D eigenvalue weighted by atomic mass is 10.0. The Kier molecular flexibility index (Phi) is 6.58. The minimum absolute atomic E-state index is 0.118. The van der Waals surface area contributed by atoms with E-state index in [1.54, 1.807) is 12.1 Å². The fourth-order valence-electron chi connectivity index (χ4n) is 1.89. The van der Waals surface area contributed by atoms with Gasteiger partial charge in [-0.05, 0) is 43.5 Å². The van der Waals surface area contributed by atoms with Crippen molar-refractivity contribution in [3.63, 3.8) is 0 Å². The van der Waals surface area contributed by atoms with Crippen molar-refractivity contribution >= 4 is 0 Å². The number of hydrogen-bond acceptors (Lipinski definition) is 2. The number of halogens is 3. The van der Waals surface area contributed by atoms with Gasteiger partial charge in [-0.1, -0.05) is 25.1 Å². The number of ether oxygens (including phenoxy) is 1. The summed E-state index contributed by atoms with van der Waals surface area (Å²) < 4.78 is 40.1. The molecule has 0 heterocycles. The molecule has 1 aromatic rings. The Labute approximate surface area is 117 Å². The van der Waals surface area contributed by atoms with Gasteiger partial charge in [-0.25, -0.2) is 0 Å². The van der Waals surface area contributed by atoms with Gasteiger partial charge < -0.3 is 10.1 Å². The van der Waals surface area contributed by atoms with Crippen molar-refractivity contribution in [1.29, 1.82) is 0 Å². The average molecular weight is 287 g/mol. The van der Waals surface area contributed by atoms with E-state index in [-0.39, 0.29) is 11.8 Å². The van der Waals surface area contributed by atoms with Gasteiger partial charge >= 0.3 is 6.36 Å². The Hall–Kier alpha value is -1.49. The fraction of sp³-hybridized carbons (Fsp3) is 0.467. The summed E-state index contributed by atoms with van der Waals surface area (Å²) in [5.41, 5.74) is 0.954. The molecular weight excluding hydrogens is 267 g/mol. The summed E-state index contributed by atoms with van der Waals surface area (Å²) in [6.45, 7) is 6.62. The van der Waals surface area contributed by atoms with Crippen molar-refractivity contribution in [2.75, 3.05) is 6.54 Å². The van der Waals surface area contributed by atoms with Crippen LogP contribution in [0.25, 0.3) is 0 Å². The van der Waals surface area contributed by atoms with Gasteiger partial charge in [0, 0.05) is 6.04 Å². The molecule has 0 aliphatic heterocycles. The van der Waals surface area contributed by atoms with Crippen LogP contribution in [-0.4, -0.2) is 12.9 Å². The van der Waals surface area contributed by atoms with E-state index in [1.165, 1.54) is 12.1 Å². The lowest BCUT2D eigenvalue weighted by molar-refractivity contribution is -0.274. The van der Waals surface area contributed by atoms with Gasteiger partial charge in [0.2, 0.25) is 0 Å². The van der Waals surface area contributed by atoms with Gasteiger partial charge in [0.15, 0.2) is 0 Å². The molecule has 0 amide bonds. The second kappa shape index (κ2) is 7.94. The molecule has 0 saturated carbocycles. The monoisotopic (exact) mass is 287 g/mol. The molecule has 5 heteroatoms. The Balaban J connectivity index is 2.73. The van der Waals surface area contributed by atoms with Crippen molar-refractivity contribution in [1.82, 2.24) is 5.32 Å². The fourth-order valence-corrected chi connectivity index (χ4v) is 1.89. The molecule has 1 N–H and O–H groups in total. The van der Waals surface area contributed by atoms with Crippen LogP contribution >= 0.6 is 0 Å². The standard InChI is InChI=1S/C15H20F3NO/c1-3-5-6-14(19-11-4-2)12-7-9-13(10-8-12)20-15(16,17)18/h3,7-10,14,19H,1,4-6,11H2,2H3. The molecule has 0 spiro atoms. The number of benzene rings is 1. The van der Waals surface area contributed by atoms with E-state index < -0.39 is 6.36 Å². The van der Waals surface area contributed by atoms with Crippen molar-refractivity contribution in [2.24, 2.45) is 0 Å². The number of hydrogen-bond donors (Lipinski definition) is 1. The van der Waals surface area contributed by atoms with E-state index in [1.807, 2.05) is 6.08 Å². The maximum absolute atomic E-state index is 12.1. The molecular formula is C15H20F3NO. The third kappa shape index (κ3) is 6.10. The van der Waals surface area contributed by atoms with E-state index >= 15 is 0 Å². The smallest absolute Gasteiger partial charge is 0.406 e. The van der Waals surface area contributed by atoms with Crippen LogP contribution in [0.4, 0.5) is 13.2 Å². The van der Waals surface area contributed by atoms with Crippen molar-refractivity contribution in [2.45, 2.75) is 38.6 Å². The molecule has 0 bridgehead atoms. The zero-order chi connectivity index (χ0) is 15.0. The van der Waals surface area contributed by atoms with E-state index in [4.69, 9.17) is 0 Å². The normalized spacial score (nSPS) is 13.0. The second-order valence-corrected chi connectivity index (χ2v) is 4.49. The molecule has 0 fully saturated rings. The molecule has 2 nitrogen and oxygen atoms in total. The highest BCUT2D eigenvalue weighted by molar-refractivity contribution is 5.29. The quantitative estimate of drug-likeness (QED) is 0.706. The first-order valence-corrected chi connectivity index (χ1v) is 6.66. The van der Waals surface area contributed by atoms with Crippen LogP contribution < -0.4 is 10.1 Å². The topological polar surface area (TPSA) is 21.3 Å². The minimum Gasteiger partial charge on any atom is -0.406 e. The molecule has 0 radical (unpaired) electrons. The van der Waals surface area contributed by atoms with Crippen molar-refractivity contribution in [3.05, 3.63) is 42.5 Å². The van der Waals surface area contributed by atoms with Crippen LogP contribution in [0.1, 0.15) is 37.8 Å². The van der Waals surface area contributed by atoms with Crippen LogP contribution in [0.2, 0.25) is 0 Å². The zero-order valence-electron chi connectivity index (χ0n) is 11.5. The Bertz CT molecular complexity index is 401. The lowest BCUT2D eigenvalue weighted by Gasteiger charge is -2.19. The van der Waals surface area contributed by atoms with Gasteiger partial charge in [0.25, 0.3) is 0 Å². The molecule has 1 unspecified atom stereocenters. The molecule has 1 aromatic carbocycles. The number of nitrogens with one attached hydrogen (secondary N) is 1. The van der Waals surface area contributed by atoms with Crippen LogP contribution in [-0.2, 0) is 0 Å². The molecule has 1 rings (SSSR count). The highest BCUT2D eigenvalue weighted by Crippen LogP contribution is 2.25. The molecule has 112 valence electrons.